The number of rotatable bonds is 5. The maximum absolute atomic E-state index is 11.5. The Morgan fingerprint density at radius 3 is 2.75 bits per heavy atom. The van der Waals surface area contributed by atoms with Crippen molar-refractivity contribution in [2.45, 2.75) is 13.5 Å². The predicted octanol–water partition coefficient (Wildman–Crippen LogP) is 0.932. The molecule has 0 unspecified atom stereocenters. The third-order valence-corrected chi connectivity index (χ3v) is 2.25. The molecule has 0 aliphatic carbocycles. The van der Waals surface area contributed by atoms with Crippen molar-refractivity contribution < 1.29 is 9.45 Å². The molecule has 9 nitrogen and oxygen atoms in total. The van der Waals surface area contributed by atoms with Gasteiger partial charge in [0.25, 0.3) is 0 Å². The number of amides is 2. The first-order chi connectivity index (χ1) is 9.58. The maximum Gasteiger partial charge on any atom is 0.340 e. The van der Waals surface area contributed by atoms with Gasteiger partial charge < -0.3 is 11.1 Å². The van der Waals surface area contributed by atoms with Crippen LogP contribution < -0.4 is 11.1 Å². The van der Waals surface area contributed by atoms with Gasteiger partial charge in [0.2, 0.25) is 0 Å². The van der Waals surface area contributed by atoms with Gasteiger partial charge in [0.1, 0.15) is 11.6 Å². The maximum atomic E-state index is 11.5. The number of nitrogens with two attached hydrogens (primary N) is 1. The smallest absolute Gasteiger partial charge is 0.340 e. The first-order valence-electron chi connectivity index (χ1n) is 5.28. The van der Waals surface area contributed by atoms with E-state index in [1.54, 1.807) is 6.92 Å². The number of carbonyl (C=O) groups is 1. The van der Waals surface area contributed by atoms with E-state index in [0.29, 0.717) is 16.4 Å². The monoisotopic (exact) mass is 324 g/mol. The second-order valence-electron chi connectivity index (χ2n) is 3.38. The van der Waals surface area contributed by atoms with Crippen molar-refractivity contribution in [3.63, 3.8) is 0 Å². The summed E-state index contributed by atoms with van der Waals surface area (Å²) in [7, 11) is 0. The van der Waals surface area contributed by atoms with Crippen LogP contribution in [0.2, 0.25) is 0 Å². The molecule has 0 aliphatic heterocycles. The quantitative estimate of drug-likeness (QED) is 0.419. The van der Waals surface area contributed by atoms with Gasteiger partial charge in [-0.1, -0.05) is 0 Å². The molecule has 0 bridgehead atoms. The Hall–Kier alpha value is -1.71. The minimum Gasteiger partial charge on any atom is -0.383 e. The summed E-state index contributed by atoms with van der Waals surface area (Å²) in [6.45, 7) is 1.85. The molecule has 0 aliphatic rings. The number of nitroso groups, excluding NO2 is 1. The van der Waals surface area contributed by atoms with Crippen molar-refractivity contribution in [1.29, 1.82) is 0 Å². The lowest BCUT2D eigenvalue weighted by Gasteiger charge is -2.13. The standard InChI is InChI=1S/C9H13ClN6O2.ClHO/c1-6-12-4-7(8(11)14-6)5-13-9(17)16(15-18)3-2-10;1-2/h4H,2-3,5H2,1H3,(H,13,17)(H2,11,12,14);2H. The van der Waals surface area contributed by atoms with Gasteiger partial charge in [-0.2, -0.15) is 5.01 Å². The molecule has 20 heavy (non-hydrogen) atoms. The highest BCUT2D eigenvalue weighted by molar-refractivity contribution is 6.18. The van der Waals surface area contributed by atoms with Gasteiger partial charge in [0.15, 0.2) is 0 Å². The topological polar surface area (TPSA) is 134 Å². The molecule has 2 amide bonds. The number of alkyl halides is 1. The number of nitrogens with zero attached hydrogens (tertiary/aromatic N) is 4. The lowest BCUT2D eigenvalue weighted by molar-refractivity contribution is 0.202. The van der Waals surface area contributed by atoms with Crippen LogP contribution in [0.15, 0.2) is 11.5 Å². The number of carbonyl (C=O) groups excluding carboxylic acids is 1. The third-order valence-electron chi connectivity index (χ3n) is 2.08. The molecular weight excluding hydrogens is 311 g/mol. The fourth-order valence-corrected chi connectivity index (χ4v) is 1.33. The minimum atomic E-state index is -0.648. The number of nitrogen functional groups attached to an aromatic ring is 1. The van der Waals surface area contributed by atoms with Gasteiger partial charge in [0, 0.05) is 24.2 Å². The van der Waals surface area contributed by atoms with Crippen LogP contribution in [0.3, 0.4) is 0 Å². The number of aryl methyl sites for hydroxylation is 1. The van der Waals surface area contributed by atoms with E-state index in [0.717, 1.165) is 0 Å². The third kappa shape index (κ3) is 5.95. The fraction of sp³-hybridized carbons (Fsp3) is 0.444. The molecule has 1 aromatic heterocycles. The van der Waals surface area contributed by atoms with Gasteiger partial charge in [0.05, 0.1) is 23.7 Å². The van der Waals surface area contributed by atoms with Crippen molar-refractivity contribution in [2.75, 3.05) is 18.2 Å². The van der Waals surface area contributed by atoms with Gasteiger partial charge >= 0.3 is 6.03 Å². The van der Waals surface area contributed by atoms with Crippen LogP contribution in [0, 0.1) is 11.8 Å². The average Bonchev–Trinajstić information content (AvgIpc) is 2.45. The van der Waals surface area contributed by atoms with Crippen LogP contribution in [0.25, 0.3) is 0 Å². The molecule has 0 saturated carbocycles. The van der Waals surface area contributed by atoms with E-state index in [-0.39, 0.29) is 24.8 Å². The Balaban J connectivity index is 0.00000172. The van der Waals surface area contributed by atoms with Crippen LogP contribution in [0.5, 0.6) is 0 Å². The summed E-state index contributed by atoms with van der Waals surface area (Å²) in [4.78, 5) is 29.8. The molecule has 0 fully saturated rings. The summed E-state index contributed by atoms with van der Waals surface area (Å²) in [6, 6.07) is -0.648. The van der Waals surface area contributed by atoms with Gasteiger partial charge in [-0.05, 0) is 6.92 Å². The van der Waals surface area contributed by atoms with E-state index >= 15 is 0 Å². The minimum absolute atomic E-state index is 0.0385. The normalized spacial score (nSPS) is 9.20. The Kier molecular flexibility index (Phi) is 9.26. The van der Waals surface area contributed by atoms with Crippen LogP contribution in [-0.2, 0) is 6.54 Å². The number of halogens is 2. The van der Waals surface area contributed by atoms with Crippen LogP contribution >= 0.6 is 23.5 Å². The SMILES string of the molecule is Cc1ncc(CNC(=O)N(CCCl)N=O)c(N)n1.OCl. The van der Waals surface area contributed by atoms with E-state index < -0.39 is 6.03 Å². The van der Waals surface area contributed by atoms with E-state index in [1.807, 2.05) is 0 Å². The second kappa shape index (κ2) is 10.1. The Bertz CT molecular complexity index is 448. The molecule has 112 valence electrons. The molecule has 1 heterocycles. The Morgan fingerprint density at radius 1 is 1.60 bits per heavy atom. The number of aromatic nitrogens is 2. The van der Waals surface area contributed by atoms with E-state index in [9.17, 15) is 9.70 Å². The zero-order valence-corrected chi connectivity index (χ0v) is 12.1. The van der Waals surface area contributed by atoms with Crippen LogP contribution in [0.1, 0.15) is 11.4 Å². The molecule has 1 aromatic rings. The molecule has 1 rings (SSSR count). The summed E-state index contributed by atoms with van der Waals surface area (Å²) in [6.07, 6.45) is 1.51. The Labute approximate surface area is 125 Å². The van der Waals surface area contributed by atoms with Crippen molar-refractivity contribution >= 4 is 35.3 Å². The number of anilines is 1. The largest absolute Gasteiger partial charge is 0.383 e. The summed E-state index contributed by atoms with van der Waals surface area (Å²) < 4.78 is 6.47. The molecule has 4 N–H and O–H groups in total. The lowest BCUT2D eigenvalue weighted by atomic mass is 10.3. The first kappa shape index (κ1) is 18.3. The van der Waals surface area contributed by atoms with Crippen molar-refractivity contribution in [2.24, 2.45) is 5.29 Å². The highest BCUT2D eigenvalue weighted by Gasteiger charge is 2.13. The molecule has 0 aromatic carbocycles. The molecule has 0 radical (unpaired) electrons. The lowest BCUT2D eigenvalue weighted by Crippen LogP contribution is -2.37. The van der Waals surface area contributed by atoms with Crippen LogP contribution in [-0.4, -0.2) is 38.1 Å². The van der Waals surface area contributed by atoms with Crippen molar-refractivity contribution in [1.82, 2.24) is 20.3 Å². The van der Waals surface area contributed by atoms with Gasteiger partial charge in [-0.25, -0.2) is 14.8 Å². The molecule has 0 spiro atoms. The van der Waals surface area contributed by atoms with E-state index in [2.05, 4.69) is 32.4 Å². The van der Waals surface area contributed by atoms with Crippen molar-refractivity contribution in [3.05, 3.63) is 22.5 Å². The first-order valence-corrected chi connectivity index (χ1v) is 6.15. The summed E-state index contributed by atoms with van der Waals surface area (Å²) in [5.74, 6) is 0.946. The van der Waals surface area contributed by atoms with Gasteiger partial charge in [-0.3, -0.25) is 4.66 Å². The van der Waals surface area contributed by atoms with Crippen molar-refractivity contribution in [3.8, 4) is 0 Å². The van der Waals surface area contributed by atoms with E-state index in [1.165, 1.54) is 6.20 Å². The average molecular weight is 325 g/mol. The second-order valence-corrected chi connectivity index (χ2v) is 3.76. The molecule has 0 saturated heterocycles. The van der Waals surface area contributed by atoms with Gasteiger partial charge in [-0.15, -0.1) is 16.5 Å². The highest BCUT2D eigenvalue weighted by atomic mass is 35.5. The Morgan fingerprint density at radius 2 is 2.25 bits per heavy atom. The fourth-order valence-electron chi connectivity index (χ4n) is 1.17. The van der Waals surface area contributed by atoms with E-state index in [4.69, 9.17) is 22.0 Å². The number of hydrogen-bond acceptors (Lipinski definition) is 7. The summed E-state index contributed by atoms with van der Waals surface area (Å²) >= 11 is 9.06. The highest BCUT2D eigenvalue weighted by Crippen LogP contribution is 2.06. The van der Waals surface area contributed by atoms with Crippen LogP contribution in [0.4, 0.5) is 10.6 Å². The summed E-state index contributed by atoms with van der Waals surface area (Å²) in [5.41, 5.74) is 6.21. The zero-order valence-electron chi connectivity index (χ0n) is 10.6. The number of urea groups is 1. The molecule has 0 atom stereocenters. The molecular formula is C9H14Cl2N6O3. The number of nitrogens with one attached hydrogen (secondary N) is 1. The zero-order chi connectivity index (χ0) is 15.5. The summed E-state index contributed by atoms with van der Waals surface area (Å²) in [5, 5.41) is 5.71. The predicted molar refractivity (Wildman–Crippen MR) is 74.7 cm³/mol. The number of hydrogen-bond donors (Lipinski definition) is 3. The molecule has 11 heteroatoms.